The quantitative estimate of drug-likeness (QED) is 0.582. The summed E-state index contributed by atoms with van der Waals surface area (Å²) < 4.78 is 0. The highest BCUT2D eigenvalue weighted by Gasteiger charge is 2.32. The van der Waals surface area contributed by atoms with Crippen molar-refractivity contribution in [2.45, 2.75) is 46.0 Å². The predicted octanol–water partition coefficient (Wildman–Crippen LogP) is 3.35. The van der Waals surface area contributed by atoms with Crippen molar-refractivity contribution in [3.63, 3.8) is 0 Å². The summed E-state index contributed by atoms with van der Waals surface area (Å²) in [6.45, 7) is 4.66. The molecular weight excluding hydrogens is 172 g/mol. The fourth-order valence-electron chi connectivity index (χ4n) is 3.14. The molecule has 0 unspecified atom stereocenters. The monoisotopic (exact) mass is 192 g/mol. The first-order chi connectivity index (χ1) is 6.72. The third-order valence-corrected chi connectivity index (χ3v) is 4.10. The fourth-order valence-corrected chi connectivity index (χ4v) is 3.14. The van der Waals surface area contributed by atoms with Gasteiger partial charge in [-0.25, -0.2) is 0 Å². The number of fused-ring (bicyclic) bond motifs is 1. The lowest BCUT2D eigenvalue weighted by Gasteiger charge is -2.38. The van der Waals surface area contributed by atoms with Crippen LogP contribution in [0, 0.1) is 17.8 Å². The summed E-state index contributed by atoms with van der Waals surface area (Å²) in [7, 11) is 0. The van der Waals surface area contributed by atoms with Gasteiger partial charge in [0, 0.05) is 0 Å². The summed E-state index contributed by atoms with van der Waals surface area (Å²) in [5, 5.41) is 0. The number of hydrogen-bond donors (Lipinski definition) is 0. The number of allylic oxidation sites excluding steroid dienone is 2. The molecule has 0 N–H and O–H groups in total. The molecule has 0 aliphatic heterocycles. The van der Waals surface area contributed by atoms with Gasteiger partial charge in [0.2, 0.25) is 0 Å². The van der Waals surface area contributed by atoms with Crippen molar-refractivity contribution in [2.24, 2.45) is 17.8 Å². The molecule has 14 heavy (non-hydrogen) atoms. The van der Waals surface area contributed by atoms with Gasteiger partial charge >= 0.3 is 0 Å². The molecule has 0 heterocycles. The second kappa shape index (κ2) is 3.88. The van der Waals surface area contributed by atoms with Crippen molar-refractivity contribution in [3.05, 3.63) is 11.1 Å². The molecule has 0 radical (unpaired) electrons. The summed E-state index contributed by atoms with van der Waals surface area (Å²) in [6, 6.07) is 0. The Balaban J connectivity index is 2.28. The van der Waals surface area contributed by atoms with E-state index in [0.717, 1.165) is 36.0 Å². The van der Waals surface area contributed by atoms with Crippen LogP contribution in [0.15, 0.2) is 11.1 Å². The molecule has 0 spiro atoms. The Hall–Kier alpha value is -0.590. The first-order valence-electron chi connectivity index (χ1n) is 5.89. The van der Waals surface area contributed by atoms with E-state index in [2.05, 4.69) is 13.8 Å². The molecule has 0 amide bonds. The highest BCUT2D eigenvalue weighted by molar-refractivity contribution is 5.75. The smallest absolute Gasteiger partial charge is 0.145 e. The minimum atomic E-state index is 0.736. The lowest BCUT2D eigenvalue weighted by Crippen LogP contribution is -2.26. The Morgan fingerprint density at radius 1 is 1.21 bits per heavy atom. The maximum absolute atomic E-state index is 11.0. The molecule has 0 aromatic carbocycles. The fraction of sp³-hybridized carbons (Fsp3) is 0.769. The lowest BCUT2D eigenvalue weighted by atomic mass is 9.67. The molecule has 1 nitrogen and oxygen atoms in total. The Morgan fingerprint density at radius 3 is 2.71 bits per heavy atom. The van der Waals surface area contributed by atoms with E-state index in [1.807, 2.05) is 0 Å². The topological polar surface area (TPSA) is 17.1 Å². The van der Waals surface area contributed by atoms with Crippen LogP contribution in [-0.2, 0) is 4.79 Å². The minimum absolute atomic E-state index is 0.736. The van der Waals surface area contributed by atoms with Crippen molar-refractivity contribution < 1.29 is 4.79 Å². The third kappa shape index (κ3) is 1.65. The lowest BCUT2D eigenvalue weighted by molar-refractivity contribution is -0.105. The Labute approximate surface area is 86.6 Å². The maximum atomic E-state index is 11.0. The number of aldehydes is 1. The summed E-state index contributed by atoms with van der Waals surface area (Å²) in [4.78, 5) is 11.0. The van der Waals surface area contributed by atoms with Gasteiger partial charge in [-0.3, -0.25) is 4.79 Å². The number of carbonyl (C=O) groups is 1. The van der Waals surface area contributed by atoms with Crippen LogP contribution in [0.25, 0.3) is 0 Å². The first-order valence-corrected chi connectivity index (χ1v) is 5.89. The van der Waals surface area contributed by atoms with Gasteiger partial charge in [-0.1, -0.05) is 19.4 Å². The van der Waals surface area contributed by atoms with E-state index in [0.29, 0.717) is 0 Å². The van der Waals surface area contributed by atoms with Gasteiger partial charge in [0.1, 0.15) is 6.29 Å². The zero-order valence-corrected chi connectivity index (χ0v) is 9.25. The van der Waals surface area contributed by atoms with Crippen LogP contribution in [0.4, 0.5) is 0 Å². The molecule has 0 bridgehead atoms. The van der Waals surface area contributed by atoms with E-state index in [4.69, 9.17) is 0 Å². The van der Waals surface area contributed by atoms with Crippen LogP contribution in [0.2, 0.25) is 0 Å². The molecule has 0 saturated heterocycles. The highest BCUT2D eigenvalue weighted by atomic mass is 16.1. The minimum Gasteiger partial charge on any atom is -0.298 e. The van der Waals surface area contributed by atoms with Crippen molar-refractivity contribution in [3.8, 4) is 0 Å². The number of rotatable bonds is 1. The molecular formula is C13H20O. The molecule has 3 atom stereocenters. The van der Waals surface area contributed by atoms with Crippen molar-refractivity contribution in [1.82, 2.24) is 0 Å². The standard InChI is InChI=1S/C13H20O/c1-9-3-6-12-10(2)4-5-11(8-14)13(12)7-9/h8-10,12H,3-7H2,1-2H3/t9-,10+,12-/m0/s1. The summed E-state index contributed by atoms with van der Waals surface area (Å²) in [5.74, 6) is 2.34. The van der Waals surface area contributed by atoms with Crippen LogP contribution < -0.4 is 0 Å². The number of hydrogen-bond acceptors (Lipinski definition) is 1. The second-order valence-corrected chi connectivity index (χ2v) is 5.18. The molecule has 78 valence electrons. The second-order valence-electron chi connectivity index (χ2n) is 5.18. The Morgan fingerprint density at radius 2 is 2.00 bits per heavy atom. The normalized spacial score (nSPS) is 38.0. The van der Waals surface area contributed by atoms with Crippen LogP contribution in [-0.4, -0.2) is 6.29 Å². The van der Waals surface area contributed by atoms with Gasteiger partial charge in [-0.15, -0.1) is 0 Å². The van der Waals surface area contributed by atoms with Crippen LogP contribution in [0.1, 0.15) is 46.0 Å². The van der Waals surface area contributed by atoms with Crippen LogP contribution in [0.5, 0.6) is 0 Å². The van der Waals surface area contributed by atoms with Gasteiger partial charge < -0.3 is 0 Å². The SMILES string of the molecule is C[C@H]1CC[C@@H]2C(=C(C=O)CC[C@H]2C)C1. The van der Waals surface area contributed by atoms with E-state index in [1.165, 1.54) is 31.3 Å². The zero-order chi connectivity index (χ0) is 10.1. The molecule has 0 aromatic rings. The first kappa shape index (κ1) is 9.95. The Kier molecular flexibility index (Phi) is 2.76. The van der Waals surface area contributed by atoms with E-state index < -0.39 is 0 Å². The summed E-state index contributed by atoms with van der Waals surface area (Å²) in [6.07, 6.45) is 7.22. The van der Waals surface area contributed by atoms with Crippen molar-refractivity contribution in [2.75, 3.05) is 0 Å². The van der Waals surface area contributed by atoms with E-state index in [9.17, 15) is 4.79 Å². The highest BCUT2D eigenvalue weighted by Crippen LogP contribution is 2.44. The van der Waals surface area contributed by atoms with E-state index in [1.54, 1.807) is 0 Å². The van der Waals surface area contributed by atoms with Crippen molar-refractivity contribution in [1.29, 1.82) is 0 Å². The van der Waals surface area contributed by atoms with Crippen LogP contribution >= 0.6 is 0 Å². The van der Waals surface area contributed by atoms with Crippen molar-refractivity contribution >= 4 is 6.29 Å². The van der Waals surface area contributed by atoms with Gasteiger partial charge in [-0.2, -0.15) is 0 Å². The zero-order valence-electron chi connectivity index (χ0n) is 9.25. The van der Waals surface area contributed by atoms with Gasteiger partial charge in [0.05, 0.1) is 0 Å². The van der Waals surface area contributed by atoms with Gasteiger partial charge in [-0.05, 0) is 55.4 Å². The molecule has 1 heteroatoms. The number of carbonyl (C=O) groups excluding carboxylic acids is 1. The third-order valence-electron chi connectivity index (χ3n) is 4.10. The Bertz CT molecular complexity index is 264. The molecule has 2 rings (SSSR count). The average Bonchev–Trinajstić information content (AvgIpc) is 2.18. The van der Waals surface area contributed by atoms with Crippen LogP contribution in [0.3, 0.4) is 0 Å². The molecule has 0 aromatic heterocycles. The molecule has 1 fully saturated rings. The molecule has 2 aliphatic carbocycles. The average molecular weight is 192 g/mol. The molecule has 1 saturated carbocycles. The van der Waals surface area contributed by atoms with Gasteiger partial charge in [0.15, 0.2) is 0 Å². The van der Waals surface area contributed by atoms with E-state index in [-0.39, 0.29) is 0 Å². The van der Waals surface area contributed by atoms with Gasteiger partial charge in [0.25, 0.3) is 0 Å². The maximum Gasteiger partial charge on any atom is 0.145 e. The summed E-state index contributed by atoms with van der Waals surface area (Å²) >= 11 is 0. The van der Waals surface area contributed by atoms with E-state index >= 15 is 0 Å². The largest absolute Gasteiger partial charge is 0.298 e. The molecule has 2 aliphatic rings. The summed E-state index contributed by atoms with van der Waals surface area (Å²) in [5.41, 5.74) is 2.65. The predicted molar refractivity (Wildman–Crippen MR) is 58.0 cm³/mol.